The quantitative estimate of drug-likeness (QED) is 0.543. The summed E-state index contributed by atoms with van der Waals surface area (Å²) in [4.78, 5) is 18.7. The van der Waals surface area contributed by atoms with E-state index in [-0.39, 0.29) is 40.9 Å². The van der Waals surface area contributed by atoms with E-state index in [9.17, 15) is 22.0 Å². The predicted octanol–water partition coefficient (Wildman–Crippen LogP) is 4.87. The summed E-state index contributed by atoms with van der Waals surface area (Å²) in [5, 5.41) is -0.750. The van der Waals surface area contributed by atoms with Crippen molar-refractivity contribution in [2.75, 3.05) is 13.1 Å². The van der Waals surface area contributed by atoms with Gasteiger partial charge in [-0.1, -0.05) is 27.7 Å². The number of hydrogen-bond donors (Lipinski definition) is 1. The molecule has 2 fully saturated rings. The van der Waals surface area contributed by atoms with Gasteiger partial charge in [0.25, 0.3) is 0 Å². The molecule has 2 atom stereocenters. The van der Waals surface area contributed by atoms with Crippen LogP contribution in [0.5, 0.6) is 0 Å². The maximum Gasteiger partial charge on any atom is 0.248 e. The van der Waals surface area contributed by atoms with Gasteiger partial charge >= 0.3 is 0 Å². The molecule has 1 aromatic carbocycles. The summed E-state index contributed by atoms with van der Waals surface area (Å²) in [7, 11) is -3.73. The number of aromatic nitrogens is 2. The van der Waals surface area contributed by atoms with Crippen LogP contribution in [0.3, 0.4) is 0 Å². The Kier molecular flexibility index (Phi) is 7.74. The van der Waals surface area contributed by atoms with E-state index < -0.39 is 21.1 Å². The highest BCUT2D eigenvalue weighted by Crippen LogP contribution is 2.38. The first-order chi connectivity index (χ1) is 17.2. The number of nitrogens with zero attached hydrogens (tertiary/aromatic N) is 3. The van der Waals surface area contributed by atoms with E-state index in [1.54, 1.807) is 18.2 Å². The summed E-state index contributed by atoms with van der Waals surface area (Å²) in [6, 6.07) is 5.08. The molecule has 2 unspecified atom stereocenters. The monoisotopic (exact) mass is 538 g/mol. The van der Waals surface area contributed by atoms with E-state index in [1.165, 1.54) is 0 Å². The number of primary amides is 1. The summed E-state index contributed by atoms with van der Waals surface area (Å²) >= 11 is 0. The molecule has 1 aliphatic carbocycles. The molecule has 1 aromatic heterocycles. The van der Waals surface area contributed by atoms with Gasteiger partial charge in [0.05, 0.1) is 21.8 Å². The number of piperidine rings is 1. The highest BCUT2D eigenvalue weighted by atomic mass is 32.2. The van der Waals surface area contributed by atoms with Gasteiger partial charge in [-0.2, -0.15) is 0 Å². The number of sulfone groups is 1. The van der Waals surface area contributed by atoms with E-state index in [4.69, 9.17) is 10.7 Å². The average Bonchev–Trinajstić information content (AvgIpc) is 3.19. The van der Waals surface area contributed by atoms with E-state index in [0.717, 1.165) is 17.8 Å². The molecule has 1 aliphatic heterocycles. The maximum atomic E-state index is 13.8. The van der Waals surface area contributed by atoms with Crippen LogP contribution in [-0.4, -0.2) is 53.2 Å². The van der Waals surface area contributed by atoms with Crippen molar-refractivity contribution >= 4 is 26.8 Å². The van der Waals surface area contributed by atoms with Crippen LogP contribution in [0.25, 0.3) is 11.0 Å². The minimum absolute atomic E-state index is 0.0942. The van der Waals surface area contributed by atoms with Crippen molar-refractivity contribution in [2.45, 2.75) is 101 Å². The fourth-order valence-corrected chi connectivity index (χ4v) is 7.79. The molecule has 7 nitrogen and oxygen atoms in total. The van der Waals surface area contributed by atoms with Crippen molar-refractivity contribution in [3.63, 3.8) is 0 Å². The average molecular weight is 539 g/mol. The van der Waals surface area contributed by atoms with Crippen molar-refractivity contribution < 1.29 is 22.0 Å². The number of carbonyl (C=O) groups excluding carboxylic acids is 1. The van der Waals surface area contributed by atoms with E-state index in [2.05, 4.69) is 25.3 Å². The molecule has 4 rings (SSSR count). The molecule has 1 amide bonds. The second-order valence-corrected chi connectivity index (χ2v) is 14.0. The summed E-state index contributed by atoms with van der Waals surface area (Å²) in [6.07, 6.45) is 2.53. The van der Waals surface area contributed by atoms with Gasteiger partial charge in [0, 0.05) is 31.3 Å². The minimum Gasteiger partial charge on any atom is -0.369 e. The van der Waals surface area contributed by atoms with E-state index in [1.807, 2.05) is 11.8 Å². The number of alkyl halides is 2. The molecular weight excluding hydrogens is 498 g/mol. The Labute approximate surface area is 218 Å². The molecule has 2 aromatic rings. The second kappa shape index (κ2) is 10.2. The number of carbonyl (C=O) groups is 1. The number of likely N-dealkylation sites (tertiary alicyclic amines) is 1. The van der Waals surface area contributed by atoms with Crippen LogP contribution >= 0.6 is 0 Å². The number of rotatable bonds is 7. The van der Waals surface area contributed by atoms with Crippen LogP contribution in [0.4, 0.5) is 8.78 Å². The van der Waals surface area contributed by atoms with Gasteiger partial charge in [0.15, 0.2) is 9.84 Å². The number of hydrogen-bond acceptors (Lipinski definition) is 5. The van der Waals surface area contributed by atoms with Crippen LogP contribution in [0, 0.1) is 11.8 Å². The van der Waals surface area contributed by atoms with Crippen LogP contribution < -0.4 is 5.73 Å². The van der Waals surface area contributed by atoms with Crippen LogP contribution in [0.15, 0.2) is 23.1 Å². The smallest absolute Gasteiger partial charge is 0.248 e. The SMILES string of the molecule is CCC(N1CCCC(C(N)=O)C1)S(=O)(=O)c1ccc2c(c1)nc(C(C)(C)C)n2CC1CCC(F)(F)CC1. The third kappa shape index (κ3) is 5.85. The lowest BCUT2D eigenvalue weighted by molar-refractivity contribution is -0.123. The molecular formula is C27H40F2N4O3S. The second-order valence-electron chi connectivity index (χ2n) is 11.9. The zero-order chi connectivity index (χ0) is 27.2. The van der Waals surface area contributed by atoms with Crippen LogP contribution in [0.2, 0.25) is 0 Å². The highest BCUT2D eigenvalue weighted by molar-refractivity contribution is 7.92. The maximum absolute atomic E-state index is 13.8. The molecule has 2 N–H and O–H groups in total. The number of amides is 1. The first-order valence-electron chi connectivity index (χ1n) is 13.4. The van der Waals surface area contributed by atoms with Gasteiger partial charge in [0.1, 0.15) is 11.2 Å². The lowest BCUT2D eigenvalue weighted by atomic mass is 9.86. The zero-order valence-corrected chi connectivity index (χ0v) is 23.2. The van der Waals surface area contributed by atoms with Gasteiger partial charge in [-0.15, -0.1) is 0 Å². The fraction of sp³-hybridized carbons (Fsp3) is 0.704. The molecule has 0 spiro atoms. The Morgan fingerprint density at radius 2 is 1.89 bits per heavy atom. The topological polar surface area (TPSA) is 98.3 Å². The zero-order valence-electron chi connectivity index (χ0n) is 22.3. The van der Waals surface area contributed by atoms with Gasteiger partial charge in [-0.25, -0.2) is 22.2 Å². The molecule has 0 radical (unpaired) electrons. The first-order valence-corrected chi connectivity index (χ1v) is 14.9. The molecule has 2 aliphatic rings. The number of nitrogens with two attached hydrogens (primary N) is 1. The van der Waals surface area contributed by atoms with Gasteiger partial charge in [-0.3, -0.25) is 9.69 Å². The summed E-state index contributed by atoms with van der Waals surface area (Å²) in [5.41, 5.74) is 6.63. The molecule has 2 heterocycles. The lowest BCUT2D eigenvalue weighted by Crippen LogP contribution is -2.48. The van der Waals surface area contributed by atoms with Crippen molar-refractivity contribution in [1.82, 2.24) is 14.5 Å². The Morgan fingerprint density at radius 1 is 1.22 bits per heavy atom. The Bertz CT molecular complexity index is 1240. The van der Waals surface area contributed by atoms with Crippen molar-refractivity contribution in [3.05, 3.63) is 24.0 Å². The van der Waals surface area contributed by atoms with E-state index >= 15 is 0 Å². The Balaban J connectivity index is 1.67. The van der Waals surface area contributed by atoms with Gasteiger partial charge in [-0.05, 0) is 62.8 Å². The molecule has 0 bridgehead atoms. The van der Waals surface area contributed by atoms with E-state index in [0.29, 0.717) is 50.8 Å². The van der Waals surface area contributed by atoms with Crippen molar-refractivity contribution in [3.8, 4) is 0 Å². The minimum atomic E-state index is -3.73. The summed E-state index contributed by atoms with van der Waals surface area (Å²) in [6.45, 7) is 9.54. The Hall–Kier alpha value is -2.07. The highest BCUT2D eigenvalue weighted by Gasteiger charge is 2.37. The van der Waals surface area contributed by atoms with Crippen LogP contribution in [0.1, 0.15) is 78.5 Å². The predicted molar refractivity (Wildman–Crippen MR) is 140 cm³/mol. The normalized spacial score (nSPS) is 22.8. The fourth-order valence-electron chi connectivity index (χ4n) is 5.92. The molecule has 1 saturated heterocycles. The summed E-state index contributed by atoms with van der Waals surface area (Å²) in [5.74, 6) is -2.36. The number of fused-ring (bicyclic) bond motifs is 1. The number of halogens is 2. The van der Waals surface area contributed by atoms with Crippen molar-refractivity contribution in [2.24, 2.45) is 17.6 Å². The molecule has 10 heteroatoms. The molecule has 1 saturated carbocycles. The first kappa shape index (κ1) is 28.0. The van der Waals surface area contributed by atoms with Gasteiger partial charge in [0.2, 0.25) is 11.8 Å². The molecule has 206 valence electrons. The largest absolute Gasteiger partial charge is 0.369 e. The summed E-state index contributed by atoms with van der Waals surface area (Å²) < 4.78 is 57.1. The van der Waals surface area contributed by atoms with Crippen LogP contribution in [-0.2, 0) is 26.6 Å². The standard InChI is InChI=1S/C27H40F2N4O3S/c1-5-23(32-14-6-7-19(17-32)24(30)34)37(35,36)20-8-9-22-21(15-20)31-25(26(2,3)4)33(22)16-18-10-12-27(28,29)13-11-18/h8-9,15,18-19,23H,5-7,10-14,16-17H2,1-4H3,(H2,30,34). The number of imidazole rings is 1. The third-order valence-corrected chi connectivity index (χ3v) is 10.2. The Morgan fingerprint density at radius 3 is 2.49 bits per heavy atom. The number of benzene rings is 1. The molecule has 37 heavy (non-hydrogen) atoms. The lowest BCUT2D eigenvalue weighted by Gasteiger charge is -2.36. The van der Waals surface area contributed by atoms with Gasteiger partial charge < -0.3 is 10.3 Å². The van der Waals surface area contributed by atoms with Crippen molar-refractivity contribution in [1.29, 1.82) is 0 Å². The third-order valence-electron chi connectivity index (χ3n) is 7.97.